The quantitative estimate of drug-likeness (QED) is 0.894. The lowest BCUT2D eigenvalue weighted by molar-refractivity contribution is 0.0636. The number of benzene rings is 1. The highest BCUT2D eigenvalue weighted by Gasteiger charge is 2.18. The largest absolute Gasteiger partial charge is 0.444 e. The maximum atomic E-state index is 11.8. The van der Waals surface area contributed by atoms with Gasteiger partial charge in [0.1, 0.15) is 5.60 Å². The van der Waals surface area contributed by atoms with Gasteiger partial charge < -0.3 is 14.8 Å². The van der Waals surface area contributed by atoms with Crippen LogP contribution in [0.1, 0.15) is 32.8 Å². The molecule has 5 heteroatoms. The Morgan fingerprint density at radius 3 is 2.76 bits per heavy atom. The minimum atomic E-state index is -0.503. The molecule has 1 aromatic rings. The first-order valence-corrected chi connectivity index (χ1v) is 7.28. The summed E-state index contributed by atoms with van der Waals surface area (Å²) in [5.74, 6) is 0. The number of amides is 1. The fraction of sp³-hybridized carbons (Fsp3) is 0.562. The molecular weight excluding hydrogens is 268 g/mol. The Morgan fingerprint density at radius 2 is 2.14 bits per heavy atom. The van der Waals surface area contributed by atoms with Crippen LogP contribution in [-0.4, -0.2) is 30.9 Å². The lowest BCUT2D eigenvalue weighted by Gasteiger charge is -2.20. The van der Waals surface area contributed by atoms with Crippen LogP contribution < -0.4 is 10.6 Å². The number of hydrogen-bond acceptors (Lipinski definition) is 4. The van der Waals surface area contributed by atoms with E-state index in [2.05, 4.69) is 10.6 Å². The number of rotatable bonds is 3. The third-order valence-electron chi connectivity index (χ3n) is 3.17. The minimum Gasteiger partial charge on any atom is -0.444 e. The summed E-state index contributed by atoms with van der Waals surface area (Å²) >= 11 is 0. The molecule has 1 aromatic carbocycles. The molecule has 0 spiro atoms. The molecule has 21 heavy (non-hydrogen) atoms. The van der Waals surface area contributed by atoms with Gasteiger partial charge in [0.05, 0.1) is 12.6 Å². The van der Waals surface area contributed by atoms with E-state index in [1.54, 1.807) is 0 Å². The van der Waals surface area contributed by atoms with Gasteiger partial charge in [0, 0.05) is 18.0 Å². The zero-order valence-electron chi connectivity index (χ0n) is 13.2. The molecule has 0 radical (unpaired) electrons. The van der Waals surface area contributed by atoms with Crippen molar-refractivity contribution in [3.63, 3.8) is 0 Å². The van der Waals surface area contributed by atoms with E-state index in [9.17, 15) is 4.79 Å². The smallest absolute Gasteiger partial charge is 0.412 e. The summed E-state index contributed by atoms with van der Waals surface area (Å²) < 4.78 is 10.6. The van der Waals surface area contributed by atoms with E-state index in [4.69, 9.17) is 9.47 Å². The van der Waals surface area contributed by atoms with Crippen molar-refractivity contribution in [3.8, 4) is 0 Å². The summed E-state index contributed by atoms with van der Waals surface area (Å²) in [5.41, 5.74) is 2.36. The van der Waals surface area contributed by atoms with Gasteiger partial charge in [-0.3, -0.25) is 5.32 Å². The Hall–Kier alpha value is -1.75. The number of carbonyl (C=O) groups is 1. The van der Waals surface area contributed by atoms with E-state index in [-0.39, 0.29) is 0 Å². The average Bonchev–Trinajstić information content (AvgIpc) is 2.84. The summed E-state index contributed by atoms with van der Waals surface area (Å²) in [7, 11) is 0. The predicted octanol–water partition coefficient (Wildman–Crippen LogP) is 3.54. The third kappa shape index (κ3) is 4.93. The fourth-order valence-electron chi connectivity index (χ4n) is 2.14. The molecule has 1 saturated heterocycles. The Labute approximate surface area is 126 Å². The molecule has 0 bridgehead atoms. The number of ether oxygens (including phenoxy) is 2. The standard InChI is InChI=1S/C16H24N2O3/c1-11-5-6-12(18-15(19)21-16(2,3)4)9-14(11)17-13-7-8-20-10-13/h5-6,9,13,17H,7-8,10H2,1-4H3,(H,18,19). The molecule has 116 valence electrons. The van der Waals surface area contributed by atoms with Crippen LogP contribution in [0, 0.1) is 6.92 Å². The second-order valence-corrected chi connectivity index (χ2v) is 6.36. The minimum absolute atomic E-state index is 0.334. The van der Waals surface area contributed by atoms with Crippen LogP contribution in [0.4, 0.5) is 16.2 Å². The van der Waals surface area contributed by atoms with Crippen LogP contribution in [0.25, 0.3) is 0 Å². The SMILES string of the molecule is Cc1ccc(NC(=O)OC(C)(C)C)cc1NC1CCOC1. The van der Waals surface area contributed by atoms with Crippen molar-refractivity contribution >= 4 is 17.5 Å². The highest BCUT2D eigenvalue weighted by atomic mass is 16.6. The first-order chi connectivity index (χ1) is 9.83. The van der Waals surface area contributed by atoms with E-state index in [0.29, 0.717) is 6.04 Å². The molecule has 5 nitrogen and oxygen atoms in total. The molecule has 1 fully saturated rings. The summed E-state index contributed by atoms with van der Waals surface area (Å²) in [5, 5.41) is 6.21. The Balaban J connectivity index is 2.02. The second-order valence-electron chi connectivity index (χ2n) is 6.36. The van der Waals surface area contributed by atoms with Crippen LogP contribution in [0.2, 0.25) is 0 Å². The van der Waals surface area contributed by atoms with E-state index in [1.165, 1.54) is 0 Å². The first kappa shape index (κ1) is 15.6. The Bertz CT molecular complexity index is 503. The predicted molar refractivity (Wildman–Crippen MR) is 83.9 cm³/mol. The average molecular weight is 292 g/mol. The van der Waals surface area contributed by atoms with E-state index >= 15 is 0 Å². The molecule has 1 amide bonds. The van der Waals surface area contributed by atoms with Crippen LogP contribution in [-0.2, 0) is 9.47 Å². The number of hydrogen-bond donors (Lipinski definition) is 2. The topological polar surface area (TPSA) is 59.6 Å². The van der Waals surface area contributed by atoms with Gasteiger partial charge in [0.25, 0.3) is 0 Å². The number of aryl methyl sites for hydroxylation is 1. The molecule has 1 unspecified atom stereocenters. The highest BCUT2D eigenvalue weighted by Crippen LogP contribution is 2.23. The summed E-state index contributed by atoms with van der Waals surface area (Å²) in [6, 6.07) is 6.11. The van der Waals surface area contributed by atoms with Gasteiger partial charge in [0.15, 0.2) is 0 Å². The van der Waals surface area contributed by atoms with Crippen LogP contribution in [0.5, 0.6) is 0 Å². The normalized spacial score (nSPS) is 18.4. The zero-order chi connectivity index (χ0) is 15.5. The molecule has 0 aromatic heterocycles. The molecule has 1 atom stereocenters. The highest BCUT2D eigenvalue weighted by molar-refractivity contribution is 5.86. The van der Waals surface area contributed by atoms with Crippen molar-refractivity contribution < 1.29 is 14.3 Å². The molecule has 2 N–H and O–H groups in total. The Morgan fingerprint density at radius 1 is 1.38 bits per heavy atom. The summed E-state index contributed by atoms with van der Waals surface area (Å²) in [6.45, 7) is 9.09. The van der Waals surface area contributed by atoms with Crippen LogP contribution >= 0.6 is 0 Å². The lowest BCUT2D eigenvalue weighted by atomic mass is 10.1. The maximum absolute atomic E-state index is 11.8. The molecule has 0 aliphatic carbocycles. The van der Waals surface area contributed by atoms with Gasteiger partial charge in [-0.15, -0.1) is 0 Å². The number of nitrogens with one attached hydrogen (secondary N) is 2. The zero-order valence-corrected chi connectivity index (χ0v) is 13.2. The van der Waals surface area contributed by atoms with Gasteiger partial charge in [-0.25, -0.2) is 4.79 Å². The van der Waals surface area contributed by atoms with Gasteiger partial charge in [-0.05, 0) is 51.8 Å². The van der Waals surface area contributed by atoms with Crippen molar-refractivity contribution in [1.82, 2.24) is 0 Å². The molecule has 2 rings (SSSR count). The van der Waals surface area contributed by atoms with E-state index in [1.807, 2.05) is 45.9 Å². The second kappa shape index (κ2) is 6.35. The van der Waals surface area contributed by atoms with Gasteiger partial charge in [-0.1, -0.05) is 6.07 Å². The lowest BCUT2D eigenvalue weighted by Crippen LogP contribution is -2.27. The number of anilines is 2. The molecular formula is C16H24N2O3. The van der Waals surface area contributed by atoms with E-state index < -0.39 is 11.7 Å². The summed E-state index contributed by atoms with van der Waals surface area (Å²) in [4.78, 5) is 11.8. The maximum Gasteiger partial charge on any atom is 0.412 e. The molecule has 1 aliphatic rings. The van der Waals surface area contributed by atoms with Crippen molar-refractivity contribution in [2.24, 2.45) is 0 Å². The van der Waals surface area contributed by atoms with E-state index in [0.717, 1.165) is 36.6 Å². The number of carbonyl (C=O) groups excluding carboxylic acids is 1. The molecule has 1 heterocycles. The Kier molecular flexibility index (Phi) is 4.73. The van der Waals surface area contributed by atoms with Crippen LogP contribution in [0.15, 0.2) is 18.2 Å². The van der Waals surface area contributed by atoms with Crippen molar-refractivity contribution in [1.29, 1.82) is 0 Å². The summed E-state index contributed by atoms with van der Waals surface area (Å²) in [6.07, 6.45) is 0.560. The fourth-order valence-corrected chi connectivity index (χ4v) is 2.14. The van der Waals surface area contributed by atoms with Gasteiger partial charge >= 0.3 is 6.09 Å². The van der Waals surface area contributed by atoms with Crippen LogP contribution in [0.3, 0.4) is 0 Å². The van der Waals surface area contributed by atoms with Gasteiger partial charge in [-0.2, -0.15) is 0 Å². The van der Waals surface area contributed by atoms with Crippen molar-refractivity contribution in [2.45, 2.75) is 45.8 Å². The molecule has 1 aliphatic heterocycles. The molecule has 0 saturated carbocycles. The van der Waals surface area contributed by atoms with Gasteiger partial charge in [0.2, 0.25) is 0 Å². The van der Waals surface area contributed by atoms with Crippen molar-refractivity contribution in [3.05, 3.63) is 23.8 Å². The monoisotopic (exact) mass is 292 g/mol. The first-order valence-electron chi connectivity index (χ1n) is 7.28. The van der Waals surface area contributed by atoms with Crippen molar-refractivity contribution in [2.75, 3.05) is 23.8 Å². The third-order valence-corrected chi connectivity index (χ3v) is 3.17.